The Kier molecular flexibility index (Phi) is 2.84. The van der Waals surface area contributed by atoms with Crippen molar-refractivity contribution in [3.63, 3.8) is 0 Å². The molecule has 13 heavy (non-hydrogen) atoms. The van der Waals surface area contributed by atoms with Crippen LogP contribution in [-0.4, -0.2) is 57.0 Å². The van der Waals surface area contributed by atoms with Crippen molar-refractivity contribution in [3.8, 4) is 0 Å². The molecule has 0 aliphatic carbocycles. The second-order valence-corrected chi connectivity index (χ2v) is 2.82. The maximum atomic E-state index is 10.6. The molecule has 0 aromatic carbocycles. The van der Waals surface area contributed by atoms with Gasteiger partial charge in [0.25, 0.3) is 0 Å². The van der Waals surface area contributed by atoms with Crippen molar-refractivity contribution in [1.82, 2.24) is 0 Å². The van der Waals surface area contributed by atoms with Gasteiger partial charge in [-0.05, 0) is 0 Å². The van der Waals surface area contributed by atoms with Crippen LogP contribution in [0.1, 0.15) is 0 Å². The first kappa shape index (κ1) is 10.4. The van der Waals surface area contributed by atoms with Crippen molar-refractivity contribution in [2.75, 3.05) is 0 Å². The average Bonchev–Trinajstić information content (AvgIpc) is 2.07. The van der Waals surface area contributed by atoms with Gasteiger partial charge >= 0.3 is 0 Å². The number of primary amides is 1. The third-order valence-corrected chi connectivity index (χ3v) is 1.87. The van der Waals surface area contributed by atoms with Gasteiger partial charge in [-0.2, -0.15) is 0 Å². The van der Waals surface area contributed by atoms with Crippen LogP contribution in [0.5, 0.6) is 0 Å². The van der Waals surface area contributed by atoms with E-state index in [1.165, 1.54) is 0 Å². The molecule has 0 spiro atoms. The van der Waals surface area contributed by atoms with Crippen molar-refractivity contribution in [3.05, 3.63) is 0 Å². The summed E-state index contributed by atoms with van der Waals surface area (Å²) in [5, 5.41) is 36.2. The summed E-state index contributed by atoms with van der Waals surface area (Å²) in [7, 11) is 0. The van der Waals surface area contributed by atoms with Crippen LogP contribution in [0.4, 0.5) is 0 Å². The van der Waals surface area contributed by atoms with Crippen molar-refractivity contribution < 1.29 is 30.0 Å². The Morgan fingerprint density at radius 1 is 1.08 bits per heavy atom. The van der Waals surface area contributed by atoms with Crippen molar-refractivity contribution in [2.24, 2.45) is 5.73 Å². The van der Waals surface area contributed by atoms with E-state index < -0.39 is 36.6 Å². The Hall–Kier alpha value is -0.730. The topological polar surface area (TPSA) is 133 Å². The molecule has 1 heterocycles. The van der Waals surface area contributed by atoms with E-state index in [1.54, 1.807) is 0 Å². The standard InChI is InChI=1S/C6H11NO6/c7-5(11)4-2(9)1(8)3(10)6(12)13-4/h1-4,6,8-10,12H,(H2,7,11)/t1-,2-,3+,4+,6?/m1/s1. The van der Waals surface area contributed by atoms with E-state index in [0.717, 1.165) is 0 Å². The highest BCUT2D eigenvalue weighted by molar-refractivity contribution is 5.79. The molecule has 7 heteroatoms. The van der Waals surface area contributed by atoms with Crippen LogP contribution in [0.25, 0.3) is 0 Å². The number of rotatable bonds is 1. The van der Waals surface area contributed by atoms with E-state index >= 15 is 0 Å². The van der Waals surface area contributed by atoms with Crippen LogP contribution in [0, 0.1) is 0 Å². The van der Waals surface area contributed by atoms with Gasteiger partial charge in [-0.3, -0.25) is 4.79 Å². The second-order valence-electron chi connectivity index (χ2n) is 2.82. The molecular weight excluding hydrogens is 182 g/mol. The highest BCUT2D eigenvalue weighted by Crippen LogP contribution is 2.19. The third kappa shape index (κ3) is 1.79. The van der Waals surface area contributed by atoms with E-state index in [1.807, 2.05) is 0 Å². The number of nitrogens with two attached hydrogens (primary N) is 1. The summed E-state index contributed by atoms with van der Waals surface area (Å²) in [6.45, 7) is 0. The summed E-state index contributed by atoms with van der Waals surface area (Å²) in [6.07, 6.45) is -8.16. The molecule has 1 unspecified atom stereocenters. The molecule has 0 bridgehead atoms. The Labute approximate surface area is 73.4 Å². The molecule has 5 atom stereocenters. The zero-order valence-corrected chi connectivity index (χ0v) is 6.57. The second kappa shape index (κ2) is 3.56. The molecule has 1 aliphatic rings. The quantitative estimate of drug-likeness (QED) is 0.291. The predicted molar refractivity (Wildman–Crippen MR) is 38.1 cm³/mol. The molecule has 0 saturated carbocycles. The zero-order chi connectivity index (χ0) is 10.2. The number of aliphatic hydroxyl groups excluding tert-OH is 4. The van der Waals surface area contributed by atoms with Gasteiger partial charge < -0.3 is 30.9 Å². The summed E-state index contributed by atoms with van der Waals surface area (Å²) in [4.78, 5) is 10.6. The van der Waals surface area contributed by atoms with Crippen LogP contribution in [0.2, 0.25) is 0 Å². The Morgan fingerprint density at radius 2 is 1.62 bits per heavy atom. The Balaban J connectivity index is 2.76. The Bertz CT molecular complexity index is 209. The lowest BCUT2D eigenvalue weighted by atomic mass is 9.99. The fourth-order valence-electron chi connectivity index (χ4n) is 1.10. The molecule has 0 aromatic rings. The molecule has 1 fully saturated rings. The van der Waals surface area contributed by atoms with E-state index in [4.69, 9.17) is 26.2 Å². The average molecular weight is 193 g/mol. The van der Waals surface area contributed by atoms with E-state index in [-0.39, 0.29) is 0 Å². The molecule has 1 saturated heterocycles. The number of amides is 1. The van der Waals surface area contributed by atoms with Gasteiger partial charge in [-0.15, -0.1) is 0 Å². The number of ether oxygens (including phenoxy) is 1. The van der Waals surface area contributed by atoms with Gasteiger partial charge in [0.15, 0.2) is 12.4 Å². The van der Waals surface area contributed by atoms with Gasteiger partial charge in [0.1, 0.15) is 18.3 Å². The van der Waals surface area contributed by atoms with Crippen LogP contribution in [-0.2, 0) is 9.53 Å². The highest BCUT2D eigenvalue weighted by atomic mass is 16.6. The van der Waals surface area contributed by atoms with Crippen molar-refractivity contribution in [1.29, 1.82) is 0 Å². The first-order chi connectivity index (χ1) is 5.95. The first-order valence-corrected chi connectivity index (χ1v) is 3.62. The van der Waals surface area contributed by atoms with Gasteiger partial charge in [0.05, 0.1) is 0 Å². The van der Waals surface area contributed by atoms with E-state index in [2.05, 4.69) is 4.74 Å². The zero-order valence-electron chi connectivity index (χ0n) is 6.57. The van der Waals surface area contributed by atoms with Gasteiger partial charge in [0, 0.05) is 0 Å². The van der Waals surface area contributed by atoms with E-state index in [9.17, 15) is 4.79 Å². The monoisotopic (exact) mass is 193 g/mol. The molecule has 1 rings (SSSR count). The van der Waals surface area contributed by atoms with Gasteiger partial charge in [0.2, 0.25) is 5.91 Å². The van der Waals surface area contributed by atoms with Crippen LogP contribution >= 0.6 is 0 Å². The molecule has 1 amide bonds. The summed E-state index contributed by atoms with van der Waals surface area (Å²) in [5.74, 6) is -1.02. The smallest absolute Gasteiger partial charge is 0.249 e. The van der Waals surface area contributed by atoms with Gasteiger partial charge in [-0.1, -0.05) is 0 Å². The molecular formula is C6H11NO6. The SMILES string of the molecule is NC(=O)[C@H]1OC(O)[C@@H](O)[C@H](O)[C@H]1O. The molecule has 1 aliphatic heterocycles. The molecule has 0 radical (unpaired) electrons. The van der Waals surface area contributed by atoms with Crippen LogP contribution in [0.3, 0.4) is 0 Å². The molecule has 76 valence electrons. The lowest BCUT2D eigenvalue weighted by Gasteiger charge is -2.36. The maximum absolute atomic E-state index is 10.6. The first-order valence-electron chi connectivity index (χ1n) is 3.62. The third-order valence-electron chi connectivity index (χ3n) is 1.87. The number of carbonyl (C=O) groups excluding carboxylic acids is 1. The summed E-state index contributed by atoms with van der Waals surface area (Å²) in [6, 6.07) is 0. The minimum absolute atomic E-state index is 1.02. The lowest BCUT2D eigenvalue weighted by Crippen LogP contribution is -2.60. The molecule has 0 aromatic heterocycles. The lowest BCUT2D eigenvalue weighted by molar-refractivity contribution is -0.275. The van der Waals surface area contributed by atoms with Gasteiger partial charge in [-0.25, -0.2) is 0 Å². The minimum Gasteiger partial charge on any atom is -0.387 e. The Morgan fingerprint density at radius 3 is 2.08 bits per heavy atom. The predicted octanol–water partition coefficient (Wildman–Crippen LogP) is -3.73. The fourth-order valence-corrected chi connectivity index (χ4v) is 1.10. The minimum atomic E-state index is -1.73. The molecule has 7 nitrogen and oxygen atoms in total. The fraction of sp³-hybridized carbons (Fsp3) is 0.833. The van der Waals surface area contributed by atoms with Crippen molar-refractivity contribution in [2.45, 2.75) is 30.7 Å². The summed E-state index contributed by atoms with van der Waals surface area (Å²) in [5.41, 5.74) is 4.80. The van der Waals surface area contributed by atoms with Crippen molar-refractivity contribution >= 4 is 5.91 Å². The highest BCUT2D eigenvalue weighted by Gasteiger charge is 2.45. The van der Waals surface area contributed by atoms with E-state index in [0.29, 0.717) is 0 Å². The number of aliphatic hydroxyl groups is 4. The van der Waals surface area contributed by atoms with Crippen LogP contribution in [0.15, 0.2) is 0 Å². The summed E-state index contributed by atoms with van der Waals surface area (Å²) < 4.78 is 4.46. The normalized spacial score (nSPS) is 46.0. The summed E-state index contributed by atoms with van der Waals surface area (Å²) >= 11 is 0. The largest absolute Gasteiger partial charge is 0.387 e. The number of carbonyl (C=O) groups is 1. The maximum Gasteiger partial charge on any atom is 0.249 e. The number of hydrogen-bond acceptors (Lipinski definition) is 6. The molecule has 6 N–H and O–H groups in total. The number of hydrogen-bond donors (Lipinski definition) is 5. The van der Waals surface area contributed by atoms with Crippen LogP contribution < -0.4 is 5.73 Å².